The van der Waals surface area contributed by atoms with Crippen molar-refractivity contribution in [1.29, 1.82) is 0 Å². The zero-order valence-corrected chi connectivity index (χ0v) is 32.6. The summed E-state index contributed by atoms with van der Waals surface area (Å²) in [6.07, 6.45) is -2.31. The topological polar surface area (TPSA) is 137 Å². The summed E-state index contributed by atoms with van der Waals surface area (Å²) in [7, 11) is 0. The molecule has 60 heavy (non-hydrogen) atoms. The van der Waals surface area contributed by atoms with E-state index in [1.54, 1.807) is 91.0 Å². The van der Waals surface area contributed by atoms with Crippen LogP contribution in [0.1, 0.15) is 51.4 Å². The summed E-state index contributed by atoms with van der Waals surface area (Å²) < 4.78 is 40.5. The van der Waals surface area contributed by atoms with Gasteiger partial charge in [-0.25, -0.2) is 4.98 Å². The summed E-state index contributed by atoms with van der Waals surface area (Å²) in [5, 5.41) is 10.9. The number of aromatic nitrogens is 1. The highest BCUT2D eigenvalue weighted by Crippen LogP contribution is 2.64. The summed E-state index contributed by atoms with van der Waals surface area (Å²) in [6.45, 7) is 0. The Kier molecular flexibility index (Phi) is 9.44. The molecule has 6 unspecified atom stereocenters. The van der Waals surface area contributed by atoms with E-state index in [1.165, 1.54) is 12.1 Å². The molecule has 3 fully saturated rings. The Bertz CT molecular complexity index is 2640. The Morgan fingerprint density at radius 1 is 0.817 bits per heavy atom. The lowest BCUT2D eigenvalue weighted by Gasteiger charge is -2.50. The number of pyridine rings is 1. The highest BCUT2D eigenvalue weighted by molar-refractivity contribution is 6.33. The summed E-state index contributed by atoms with van der Waals surface area (Å²) in [5.74, 6) is -7.79. The van der Waals surface area contributed by atoms with Gasteiger partial charge in [0, 0.05) is 28.3 Å². The molecule has 2 aliphatic heterocycles. The van der Waals surface area contributed by atoms with Crippen LogP contribution >= 0.6 is 23.2 Å². The van der Waals surface area contributed by atoms with Crippen LogP contribution in [0, 0.1) is 23.7 Å². The monoisotopic (exact) mass is 850 g/mol. The molecule has 1 aromatic heterocycles. The molecule has 2 aliphatic carbocycles. The van der Waals surface area contributed by atoms with E-state index in [1.807, 2.05) is 6.08 Å². The van der Waals surface area contributed by atoms with E-state index in [-0.39, 0.29) is 35.9 Å². The molecule has 0 radical (unpaired) electrons. The fraction of sp³-hybridized carbons (Fsp3) is 0.200. The first kappa shape index (κ1) is 39.2. The van der Waals surface area contributed by atoms with Crippen molar-refractivity contribution >= 4 is 64.1 Å². The van der Waals surface area contributed by atoms with Gasteiger partial charge in [-0.05, 0) is 84.5 Å². The standard InChI is InChI=1S/C45H31Cl2F3N4O6/c46-28-12-10-26(11-13-28)44-34(41(58)54(43(44)60)52-39-35(47)20-27(22-51-39)45(48,49)50)21-33-31(37(44)23-8-16-30(55)17-9-23)18-19-32-36(33)42(59)53(40(32)57)29-14-6-25(7-15-29)38(56)24-4-2-1-3-5-24/h1-18,20,22,32-34,36-37,55H,19,21H2,(H,51,52). The summed E-state index contributed by atoms with van der Waals surface area (Å²) in [6, 6.07) is 28.1. The number of fused-ring (bicyclic) bond motifs is 4. The number of phenols is 1. The predicted molar refractivity (Wildman–Crippen MR) is 214 cm³/mol. The molecule has 1 saturated carbocycles. The van der Waals surface area contributed by atoms with Gasteiger partial charge in [0.15, 0.2) is 11.6 Å². The molecule has 5 aromatic rings. The van der Waals surface area contributed by atoms with E-state index in [2.05, 4.69) is 10.4 Å². The van der Waals surface area contributed by atoms with E-state index in [4.69, 9.17) is 23.2 Å². The lowest BCUT2D eigenvalue weighted by Crippen LogP contribution is -2.53. The van der Waals surface area contributed by atoms with Gasteiger partial charge in [0.2, 0.25) is 11.8 Å². The molecule has 15 heteroatoms. The number of nitrogens with zero attached hydrogens (tertiary/aromatic N) is 3. The molecule has 6 atom stereocenters. The molecule has 3 heterocycles. The van der Waals surface area contributed by atoms with Gasteiger partial charge < -0.3 is 5.11 Å². The van der Waals surface area contributed by atoms with E-state index >= 15 is 4.79 Å². The minimum Gasteiger partial charge on any atom is -0.508 e. The third-order valence-electron chi connectivity index (χ3n) is 12.2. The van der Waals surface area contributed by atoms with Crippen molar-refractivity contribution < 1.29 is 42.3 Å². The first-order valence-corrected chi connectivity index (χ1v) is 19.7. The zero-order valence-electron chi connectivity index (χ0n) is 31.1. The van der Waals surface area contributed by atoms with E-state index in [0.717, 1.165) is 9.91 Å². The first-order chi connectivity index (χ1) is 28.7. The van der Waals surface area contributed by atoms with Gasteiger partial charge in [-0.2, -0.15) is 18.2 Å². The number of anilines is 2. The maximum atomic E-state index is 15.3. The van der Waals surface area contributed by atoms with E-state index in [9.17, 15) is 37.5 Å². The number of benzene rings is 4. The van der Waals surface area contributed by atoms with Crippen molar-refractivity contribution in [2.24, 2.45) is 23.7 Å². The lowest BCUT2D eigenvalue weighted by atomic mass is 9.49. The molecule has 0 spiro atoms. The highest BCUT2D eigenvalue weighted by atomic mass is 35.5. The van der Waals surface area contributed by atoms with Crippen LogP contribution in [-0.2, 0) is 30.8 Å². The lowest BCUT2D eigenvalue weighted by molar-refractivity contribution is -0.139. The number of hydrazine groups is 1. The van der Waals surface area contributed by atoms with Crippen molar-refractivity contribution in [2.45, 2.75) is 30.4 Å². The maximum Gasteiger partial charge on any atom is 0.417 e. The fourth-order valence-electron chi connectivity index (χ4n) is 9.60. The third kappa shape index (κ3) is 6.09. The number of allylic oxidation sites excluding steroid dienone is 2. The molecule has 9 rings (SSSR count). The van der Waals surface area contributed by atoms with Gasteiger partial charge in [-0.3, -0.25) is 34.3 Å². The first-order valence-electron chi connectivity index (χ1n) is 18.9. The van der Waals surface area contributed by atoms with Crippen LogP contribution in [0.3, 0.4) is 0 Å². The number of imide groups is 2. The SMILES string of the molecule is O=C(c1ccccc1)c1ccc(N2C(=O)C3CC=C4C(CC5C(=O)N(Nc6ncc(C(F)(F)F)cc6Cl)C(=O)C5(c5ccc(Cl)cc5)C4c4ccc(O)cc4)C3C2=O)cc1. The number of rotatable bonds is 7. The molecule has 0 bridgehead atoms. The van der Waals surface area contributed by atoms with Crippen molar-refractivity contribution in [3.8, 4) is 5.75 Å². The van der Waals surface area contributed by atoms with Crippen molar-refractivity contribution in [3.63, 3.8) is 0 Å². The number of hydrogen-bond acceptors (Lipinski definition) is 8. The fourth-order valence-corrected chi connectivity index (χ4v) is 9.93. The number of phenolic OH excluding ortho intramolecular Hbond substituents is 1. The Morgan fingerprint density at radius 2 is 1.48 bits per heavy atom. The number of aromatic hydroxyl groups is 1. The summed E-state index contributed by atoms with van der Waals surface area (Å²) in [4.78, 5) is 77.2. The number of ketones is 1. The third-order valence-corrected chi connectivity index (χ3v) is 12.7. The summed E-state index contributed by atoms with van der Waals surface area (Å²) >= 11 is 12.6. The Morgan fingerprint density at radius 3 is 2.13 bits per heavy atom. The Labute approximate surface area is 350 Å². The molecular formula is C45H31Cl2F3N4O6. The largest absolute Gasteiger partial charge is 0.508 e. The second-order valence-corrected chi connectivity index (χ2v) is 16.1. The van der Waals surface area contributed by atoms with Gasteiger partial charge in [-0.15, -0.1) is 0 Å². The van der Waals surface area contributed by atoms with Crippen LogP contribution in [0.2, 0.25) is 10.0 Å². The van der Waals surface area contributed by atoms with Crippen molar-refractivity contribution in [1.82, 2.24) is 9.99 Å². The van der Waals surface area contributed by atoms with Crippen LogP contribution in [-0.4, -0.2) is 44.5 Å². The smallest absolute Gasteiger partial charge is 0.417 e. The number of amides is 4. The number of halogens is 5. The molecule has 10 nitrogen and oxygen atoms in total. The van der Waals surface area contributed by atoms with Gasteiger partial charge >= 0.3 is 6.18 Å². The Balaban J connectivity index is 1.14. The quantitative estimate of drug-likeness (QED) is 0.0945. The number of carbonyl (C=O) groups is 5. The number of alkyl halides is 3. The second-order valence-electron chi connectivity index (χ2n) is 15.3. The zero-order chi connectivity index (χ0) is 42.2. The molecular weight excluding hydrogens is 820 g/mol. The number of carbonyl (C=O) groups excluding carboxylic acids is 5. The van der Waals surface area contributed by atoms with Crippen LogP contribution in [0.25, 0.3) is 0 Å². The van der Waals surface area contributed by atoms with Gasteiger partial charge in [0.05, 0.1) is 39.4 Å². The molecule has 2 saturated heterocycles. The summed E-state index contributed by atoms with van der Waals surface area (Å²) in [5.41, 5.74) is 2.40. The van der Waals surface area contributed by atoms with Crippen LogP contribution in [0.5, 0.6) is 5.75 Å². The number of hydrogen-bond donors (Lipinski definition) is 2. The van der Waals surface area contributed by atoms with Gasteiger partial charge in [0.25, 0.3) is 11.8 Å². The average molecular weight is 852 g/mol. The minimum absolute atomic E-state index is 0.0651. The minimum atomic E-state index is -4.76. The van der Waals surface area contributed by atoms with Crippen LogP contribution in [0.15, 0.2) is 127 Å². The molecule has 4 aliphatic rings. The second kappa shape index (κ2) is 14.5. The van der Waals surface area contributed by atoms with Crippen molar-refractivity contribution in [3.05, 3.63) is 165 Å². The molecule has 4 amide bonds. The van der Waals surface area contributed by atoms with Crippen LogP contribution in [0.4, 0.5) is 24.7 Å². The average Bonchev–Trinajstić information content (AvgIpc) is 3.62. The molecule has 302 valence electrons. The molecule has 2 N–H and O–H groups in total. The molecule has 4 aromatic carbocycles. The van der Waals surface area contributed by atoms with E-state index < -0.39 is 75.4 Å². The highest BCUT2D eigenvalue weighted by Gasteiger charge is 2.70. The van der Waals surface area contributed by atoms with Crippen molar-refractivity contribution in [2.75, 3.05) is 10.3 Å². The number of nitrogens with one attached hydrogen (secondary N) is 1. The Hall–Kier alpha value is -6.31. The van der Waals surface area contributed by atoms with Gasteiger partial charge in [-0.1, -0.05) is 89.4 Å². The maximum absolute atomic E-state index is 15.3. The predicted octanol–water partition coefficient (Wildman–Crippen LogP) is 8.53. The van der Waals surface area contributed by atoms with E-state index in [0.29, 0.717) is 45.1 Å². The van der Waals surface area contributed by atoms with Crippen LogP contribution < -0.4 is 10.3 Å². The van der Waals surface area contributed by atoms with Gasteiger partial charge in [0.1, 0.15) is 5.75 Å². The normalized spacial score (nSPS) is 24.8.